The summed E-state index contributed by atoms with van der Waals surface area (Å²) in [5.41, 5.74) is 9.77. The molecular weight excluding hydrogens is 186 g/mol. The fraction of sp³-hybridized carbons (Fsp3) is 0.333. The third-order valence-corrected chi connectivity index (χ3v) is 3.08. The molecule has 1 aliphatic carbocycles. The molecule has 0 atom stereocenters. The molecule has 0 spiro atoms. The average Bonchev–Trinajstić information content (AvgIpc) is 2.65. The number of anilines is 1. The van der Waals surface area contributed by atoms with E-state index in [2.05, 4.69) is 16.0 Å². The smallest absolute Gasteiger partial charge is 0.135 e. The van der Waals surface area contributed by atoms with Crippen LogP contribution >= 0.6 is 0 Å². The zero-order valence-corrected chi connectivity index (χ0v) is 8.75. The van der Waals surface area contributed by atoms with Crippen molar-refractivity contribution in [2.45, 2.75) is 26.2 Å². The molecule has 1 aromatic carbocycles. The van der Waals surface area contributed by atoms with Crippen LogP contribution < -0.4 is 5.73 Å². The van der Waals surface area contributed by atoms with E-state index < -0.39 is 0 Å². The SMILES string of the molecule is Cc1nc(N)c2ccc3c(c2n1)CCC3. The lowest BCUT2D eigenvalue weighted by atomic mass is 10.1. The van der Waals surface area contributed by atoms with Crippen LogP contribution in [0, 0.1) is 6.92 Å². The van der Waals surface area contributed by atoms with Crippen molar-refractivity contribution in [2.75, 3.05) is 5.73 Å². The van der Waals surface area contributed by atoms with Crippen LogP contribution in [0.1, 0.15) is 23.4 Å². The monoisotopic (exact) mass is 199 g/mol. The third-order valence-electron chi connectivity index (χ3n) is 3.08. The fourth-order valence-corrected chi connectivity index (χ4v) is 2.40. The van der Waals surface area contributed by atoms with Gasteiger partial charge in [-0.05, 0) is 43.4 Å². The summed E-state index contributed by atoms with van der Waals surface area (Å²) in [7, 11) is 0. The van der Waals surface area contributed by atoms with Gasteiger partial charge in [-0.2, -0.15) is 0 Å². The number of benzene rings is 1. The highest BCUT2D eigenvalue weighted by molar-refractivity contribution is 5.91. The molecule has 0 amide bonds. The zero-order valence-electron chi connectivity index (χ0n) is 8.75. The number of aryl methyl sites for hydroxylation is 3. The van der Waals surface area contributed by atoms with E-state index in [1.807, 2.05) is 13.0 Å². The van der Waals surface area contributed by atoms with Gasteiger partial charge < -0.3 is 5.73 Å². The lowest BCUT2D eigenvalue weighted by Crippen LogP contribution is -1.99. The molecule has 0 unspecified atom stereocenters. The molecule has 0 aliphatic heterocycles. The first-order chi connectivity index (χ1) is 7.25. The van der Waals surface area contributed by atoms with Crippen molar-refractivity contribution < 1.29 is 0 Å². The molecule has 3 nitrogen and oxygen atoms in total. The van der Waals surface area contributed by atoms with Gasteiger partial charge in [-0.3, -0.25) is 0 Å². The van der Waals surface area contributed by atoms with Crippen LogP contribution in [-0.2, 0) is 12.8 Å². The highest BCUT2D eigenvalue weighted by Gasteiger charge is 2.16. The number of aromatic nitrogens is 2. The minimum Gasteiger partial charge on any atom is -0.383 e. The van der Waals surface area contributed by atoms with E-state index >= 15 is 0 Å². The van der Waals surface area contributed by atoms with E-state index in [0.717, 1.165) is 23.1 Å². The van der Waals surface area contributed by atoms with Gasteiger partial charge in [-0.25, -0.2) is 9.97 Å². The zero-order chi connectivity index (χ0) is 10.4. The molecule has 15 heavy (non-hydrogen) atoms. The van der Waals surface area contributed by atoms with Crippen LogP contribution in [0.4, 0.5) is 5.82 Å². The van der Waals surface area contributed by atoms with Gasteiger partial charge in [0.05, 0.1) is 5.52 Å². The average molecular weight is 199 g/mol. The standard InChI is InChI=1S/C12H13N3/c1-7-14-11-9-4-2-3-8(9)5-6-10(11)12(13)15-7/h5-6H,2-4H2,1H3,(H2,13,14,15). The van der Waals surface area contributed by atoms with Gasteiger partial charge in [-0.15, -0.1) is 0 Å². The lowest BCUT2D eigenvalue weighted by Gasteiger charge is -2.07. The van der Waals surface area contributed by atoms with Crippen molar-refractivity contribution in [3.63, 3.8) is 0 Å². The third kappa shape index (κ3) is 1.19. The molecule has 76 valence electrons. The minimum atomic E-state index is 0.604. The van der Waals surface area contributed by atoms with Gasteiger partial charge >= 0.3 is 0 Å². The Balaban J connectivity index is 2.44. The molecular formula is C12H13N3. The van der Waals surface area contributed by atoms with Crippen molar-refractivity contribution in [1.82, 2.24) is 9.97 Å². The Morgan fingerprint density at radius 3 is 2.93 bits per heavy atom. The lowest BCUT2D eigenvalue weighted by molar-refractivity contribution is 0.912. The van der Waals surface area contributed by atoms with E-state index in [9.17, 15) is 0 Å². The molecule has 0 saturated carbocycles. The number of hydrogen-bond donors (Lipinski definition) is 1. The van der Waals surface area contributed by atoms with Crippen LogP contribution in [0.5, 0.6) is 0 Å². The highest BCUT2D eigenvalue weighted by Crippen LogP contribution is 2.30. The molecule has 0 bridgehead atoms. The maximum Gasteiger partial charge on any atom is 0.135 e. The number of rotatable bonds is 0. The summed E-state index contributed by atoms with van der Waals surface area (Å²) in [4.78, 5) is 8.71. The summed E-state index contributed by atoms with van der Waals surface area (Å²) < 4.78 is 0. The maximum absolute atomic E-state index is 5.90. The normalized spacial score (nSPS) is 14.5. The number of nitrogens with two attached hydrogens (primary N) is 1. The summed E-state index contributed by atoms with van der Waals surface area (Å²) in [5, 5.41) is 1.00. The van der Waals surface area contributed by atoms with Crippen molar-refractivity contribution in [2.24, 2.45) is 0 Å². The molecule has 0 saturated heterocycles. The second-order valence-electron chi connectivity index (χ2n) is 4.11. The molecule has 3 heteroatoms. The van der Waals surface area contributed by atoms with Crippen LogP contribution in [-0.4, -0.2) is 9.97 Å². The topological polar surface area (TPSA) is 51.8 Å². The van der Waals surface area contributed by atoms with Crippen LogP contribution in [0.25, 0.3) is 10.9 Å². The molecule has 1 aliphatic rings. The first-order valence-electron chi connectivity index (χ1n) is 5.30. The summed E-state index contributed by atoms with van der Waals surface area (Å²) in [6.07, 6.45) is 3.54. The Morgan fingerprint density at radius 1 is 1.20 bits per heavy atom. The Bertz CT molecular complexity index is 546. The van der Waals surface area contributed by atoms with Gasteiger partial charge in [-0.1, -0.05) is 6.07 Å². The van der Waals surface area contributed by atoms with Crippen molar-refractivity contribution in [3.05, 3.63) is 29.1 Å². The maximum atomic E-state index is 5.90. The molecule has 2 N–H and O–H groups in total. The summed E-state index contributed by atoms with van der Waals surface area (Å²) in [6.45, 7) is 1.89. The Hall–Kier alpha value is -1.64. The summed E-state index contributed by atoms with van der Waals surface area (Å²) >= 11 is 0. The van der Waals surface area contributed by atoms with Crippen molar-refractivity contribution in [3.8, 4) is 0 Å². The van der Waals surface area contributed by atoms with E-state index in [0.29, 0.717) is 5.82 Å². The number of fused-ring (bicyclic) bond motifs is 3. The second-order valence-corrected chi connectivity index (χ2v) is 4.11. The van der Waals surface area contributed by atoms with Crippen LogP contribution in [0.2, 0.25) is 0 Å². The van der Waals surface area contributed by atoms with Gasteiger partial charge in [0.15, 0.2) is 0 Å². The highest BCUT2D eigenvalue weighted by atomic mass is 14.9. The first-order valence-corrected chi connectivity index (χ1v) is 5.30. The Morgan fingerprint density at radius 2 is 2.07 bits per heavy atom. The second kappa shape index (κ2) is 2.92. The van der Waals surface area contributed by atoms with Gasteiger partial charge in [0, 0.05) is 5.39 Å². The van der Waals surface area contributed by atoms with E-state index in [1.54, 1.807) is 0 Å². The van der Waals surface area contributed by atoms with Crippen LogP contribution in [0.15, 0.2) is 12.1 Å². The summed E-state index contributed by atoms with van der Waals surface area (Å²) in [5.74, 6) is 1.37. The molecule has 3 rings (SSSR count). The predicted octanol–water partition coefficient (Wildman–Crippen LogP) is 2.01. The first kappa shape index (κ1) is 8.65. The van der Waals surface area contributed by atoms with Crippen LogP contribution in [0.3, 0.4) is 0 Å². The van der Waals surface area contributed by atoms with E-state index in [1.165, 1.54) is 24.0 Å². The van der Waals surface area contributed by atoms with Crippen molar-refractivity contribution >= 4 is 16.7 Å². The molecule has 1 aromatic heterocycles. The van der Waals surface area contributed by atoms with Gasteiger partial charge in [0.1, 0.15) is 11.6 Å². The summed E-state index contributed by atoms with van der Waals surface area (Å²) in [6, 6.07) is 4.22. The minimum absolute atomic E-state index is 0.604. The fourth-order valence-electron chi connectivity index (χ4n) is 2.40. The quantitative estimate of drug-likeness (QED) is 0.706. The predicted molar refractivity (Wildman–Crippen MR) is 60.7 cm³/mol. The number of nitrogens with zero attached hydrogens (tertiary/aromatic N) is 2. The Labute approximate surface area is 88.3 Å². The molecule has 1 heterocycles. The number of nitrogen functional groups attached to an aromatic ring is 1. The molecule has 2 aromatic rings. The molecule has 0 radical (unpaired) electrons. The number of hydrogen-bond acceptors (Lipinski definition) is 3. The Kier molecular flexibility index (Phi) is 1.69. The molecule has 0 fully saturated rings. The van der Waals surface area contributed by atoms with Gasteiger partial charge in [0.2, 0.25) is 0 Å². The van der Waals surface area contributed by atoms with E-state index in [-0.39, 0.29) is 0 Å². The van der Waals surface area contributed by atoms with Gasteiger partial charge in [0.25, 0.3) is 0 Å². The largest absolute Gasteiger partial charge is 0.383 e. The van der Waals surface area contributed by atoms with E-state index in [4.69, 9.17) is 5.73 Å². The van der Waals surface area contributed by atoms with Crippen molar-refractivity contribution in [1.29, 1.82) is 0 Å².